The number of amides is 1. The van der Waals surface area contributed by atoms with E-state index in [1.807, 2.05) is 6.92 Å². The molecule has 0 aliphatic carbocycles. The van der Waals surface area contributed by atoms with E-state index in [1.165, 1.54) is 21.7 Å². The number of ether oxygens (including phenoxy) is 1. The van der Waals surface area contributed by atoms with Gasteiger partial charge in [0.15, 0.2) is 23.5 Å². The Kier molecular flexibility index (Phi) is 5.15. The maximum absolute atomic E-state index is 13.8. The van der Waals surface area contributed by atoms with Gasteiger partial charge in [0, 0.05) is 18.7 Å². The van der Waals surface area contributed by atoms with Crippen molar-refractivity contribution in [3.63, 3.8) is 0 Å². The molecular formula is C21H20F2N2O5. The maximum atomic E-state index is 13.8. The number of halogens is 2. The highest BCUT2D eigenvalue weighted by Crippen LogP contribution is 2.30. The summed E-state index contributed by atoms with van der Waals surface area (Å²) >= 11 is 0. The zero-order chi connectivity index (χ0) is 21.6. The minimum absolute atomic E-state index is 0.0382. The Balaban J connectivity index is 1.62. The Bertz CT molecular complexity index is 1100. The molecule has 3 heterocycles. The van der Waals surface area contributed by atoms with E-state index < -0.39 is 40.7 Å². The van der Waals surface area contributed by atoms with Crippen LogP contribution in [0.5, 0.6) is 5.75 Å². The molecule has 2 aromatic rings. The number of nitrogens with zero attached hydrogens (tertiary/aromatic N) is 2. The number of benzene rings is 1. The number of carbonyl (C=O) groups excluding carboxylic acids is 2. The van der Waals surface area contributed by atoms with Crippen LogP contribution in [0.2, 0.25) is 0 Å². The van der Waals surface area contributed by atoms with Gasteiger partial charge in [0.1, 0.15) is 11.6 Å². The number of Topliss-reactive ketones (excluding diaryl/α,β-unsaturated/α-hetero) is 1. The number of fused-ring (bicyclic) bond motifs is 2. The molecule has 1 aromatic carbocycles. The molecule has 0 spiro atoms. The van der Waals surface area contributed by atoms with Crippen LogP contribution in [-0.4, -0.2) is 45.1 Å². The van der Waals surface area contributed by atoms with Crippen molar-refractivity contribution in [2.75, 3.05) is 6.61 Å². The number of carbonyl (C=O) groups is 2. The van der Waals surface area contributed by atoms with Crippen molar-refractivity contribution < 1.29 is 28.2 Å². The van der Waals surface area contributed by atoms with Crippen LogP contribution >= 0.6 is 0 Å². The molecule has 9 heteroatoms. The van der Waals surface area contributed by atoms with Gasteiger partial charge < -0.3 is 19.3 Å². The molecule has 1 saturated heterocycles. The van der Waals surface area contributed by atoms with Gasteiger partial charge in [0.25, 0.3) is 5.91 Å². The second kappa shape index (κ2) is 7.64. The molecule has 1 fully saturated rings. The first kappa shape index (κ1) is 20.2. The molecule has 30 heavy (non-hydrogen) atoms. The predicted octanol–water partition coefficient (Wildman–Crippen LogP) is 2.24. The summed E-state index contributed by atoms with van der Waals surface area (Å²) < 4.78 is 33.8. The van der Waals surface area contributed by atoms with Crippen LogP contribution in [0.15, 0.2) is 29.2 Å². The average Bonchev–Trinajstić information content (AvgIpc) is 3.13. The first-order valence-electron chi connectivity index (χ1n) is 9.69. The molecule has 2 atom stereocenters. The van der Waals surface area contributed by atoms with Gasteiger partial charge in [0.05, 0.1) is 24.8 Å². The van der Waals surface area contributed by atoms with Crippen LogP contribution in [-0.2, 0) is 17.7 Å². The highest BCUT2D eigenvalue weighted by atomic mass is 19.1. The Hall–Kier alpha value is -3.07. The monoisotopic (exact) mass is 418 g/mol. The van der Waals surface area contributed by atoms with Crippen molar-refractivity contribution in [2.24, 2.45) is 0 Å². The highest BCUT2D eigenvalue weighted by molar-refractivity contribution is 6.00. The van der Waals surface area contributed by atoms with E-state index in [2.05, 4.69) is 0 Å². The van der Waals surface area contributed by atoms with E-state index in [4.69, 9.17) is 4.74 Å². The molecule has 4 rings (SSSR count). The van der Waals surface area contributed by atoms with Gasteiger partial charge >= 0.3 is 0 Å². The second-order valence-corrected chi connectivity index (χ2v) is 7.44. The smallest absolute Gasteiger partial charge is 0.276 e. The lowest BCUT2D eigenvalue weighted by molar-refractivity contribution is 0.00564. The fourth-order valence-electron chi connectivity index (χ4n) is 3.98. The third-order valence-electron chi connectivity index (χ3n) is 5.64. The lowest BCUT2D eigenvalue weighted by Gasteiger charge is -2.34. The zero-order valence-electron chi connectivity index (χ0n) is 16.2. The van der Waals surface area contributed by atoms with Gasteiger partial charge in [-0.1, -0.05) is 13.0 Å². The fraction of sp³-hybridized carbons (Fsp3) is 0.381. The molecule has 0 unspecified atom stereocenters. The minimum atomic E-state index is -0.939. The van der Waals surface area contributed by atoms with Crippen LogP contribution in [0.3, 0.4) is 0 Å². The summed E-state index contributed by atoms with van der Waals surface area (Å²) in [6, 6.07) is 2.91. The van der Waals surface area contributed by atoms with E-state index in [0.29, 0.717) is 13.0 Å². The Labute approximate surface area is 170 Å². The predicted molar refractivity (Wildman–Crippen MR) is 101 cm³/mol. The molecule has 0 saturated carbocycles. The molecule has 1 amide bonds. The Morgan fingerprint density at radius 2 is 2.07 bits per heavy atom. The van der Waals surface area contributed by atoms with Gasteiger partial charge in [-0.2, -0.15) is 0 Å². The summed E-state index contributed by atoms with van der Waals surface area (Å²) in [5.41, 5.74) is -1.25. The largest absolute Gasteiger partial charge is 0.503 e. The van der Waals surface area contributed by atoms with E-state index >= 15 is 0 Å². The Morgan fingerprint density at radius 3 is 2.77 bits per heavy atom. The normalized spacial score (nSPS) is 20.2. The van der Waals surface area contributed by atoms with Gasteiger partial charge in [-0.3, -0.25) is 14.4 Å². The maximum Gasteiger partial charge on any atom is 0.276 e. The molecule has 0 radical (unpaired) electrons. The van der Waals surface area contributed by atoms with Crippen LogP contribution in [0.4, 0.5) is 8.78 Å². The van der Waals surface area contributed by atoms with Gasteiger partial charge in [0.2, 0.25) is 5.43 Å². The molecule has 0 bridgehead atoms. The molecule has 2 aliphatic rings. The van der Waals surface area contributed by atoms with Crippen LogP contribution in [0.1, 0.15) is 46.2 Å². The lowest BCUT2D eigenvalue weighted by Crippen LogP contribution is -2.49. The molecule has 7 nitrogen and oxygen atoms in total. The van der Waals surface area contributed by atoms with Crippen molar-refractivity contribution in [1.29, 1.82) is 0 Å². The number of aromatic nitrogens is 1. The molecule has 1 aromatic heterocycles. The second-order valence-electron chi connectivity index (χ2n) is 7.44. The van der Waals surface area contributed by atoms with Gasteiger partial charge in [-0.25, -0.2) is 8.78 Å². The summed E-state index contributed by atoms with van der Waals surface area (Å²) in [5, 5.41) is 10.4. The first-order chi connectivity index (χ1) is 14.3. The first-order valence-corrected chi connectivity index (χ1v) is 9.69. The lowest BCUT2D eigenvalue weighted by atomic mass is 10.0. The Morgan fingerprint density at radius 1 is 1.30 bits per heavy atom. The number of ketones is 1. The van der Waals surface area contributed by atoms with E-state index in [1.54, 1.807) is 0 Å². The number of pyridine rings is 1. The summed E-state index contributed by atoms with van der Waals surface area (Å²) in [6.45, 7) is 2.46. The summed E-state index contributed by atoms with van der Waals surface area (Å²) in [4.78, 5) is 39.6. The number of rotatable bonds is 5. The van der Waals surface area contributed by atoms with E-state index in [0.717, 1.165) is 12.1 Å². The third kappa shape index (κ3) is 3.28. The third-order valence-corrected chi connectivity index (χ3v) is 5.64. The molecule has 2 aliphatic heterocycles. The fourth-order valence-corrected chi connectivity index (χ4v) is 3.98. The number of hydrogen-bond acceptors (Lipinski definition) is 5. The van der Waals surface area contributed by atoms with Crippen LogP contribution in [0.25, 0.3) is 0 Å². The average molecular weight is 418 g/mol. The van der Waals surface area contributed by atoms with Crippen molar-refractivity contribution in [3.8, 4) is 5.75 Å². The van der Waals surface area contributed by atoms with Crippen LogP contribution in [0, 0.1) is 11.6 Å². The van der Waals surface area contributed by atoms with Gasteiger partial charge in [-0.15, -0.1) is 0 Å². The standard InChI is InChI=1S/C21H20F2N2O5/c1-2-13-10-30-17-9-24-8-14(19(27)20(28)18(24)21(29)25(13)17)16(26)6-4-11-3-5-12(22)7-15(11)23/h3,5,7-8,13,17,28H,2,4,6,9-10H2,1H3/t13-,17+/m1/s1. The molecule has 1 N–H and O–H groups in total. The summed E-state index contributed by atoms with van der Waals surface area (Å²) in [7, 11) is 0. The van der Waals surface area contributed by atoms with Crippen molar-refractivity contribution in [1.82, 2.24) is 9.47 Å². The van der Waals surface area contributed by atoms with Crippen molar-refractivity contribution >= 4 is 11.7 Å². The minimum Gasteiger partial charge on any atom is -0.503 e. The quantitative estimate of drug-likeness (QED) is 0.753. The number of aromatic hydroxyl groups is 1. The van der Waals surface area contributed by atoms with E-state index in [9.17, 15) is 28.3 Å². The SMILES string of the molecule is CC[C@@H]1CO[C@H]2Cn3cc(C(=O)CCc4ccc(F)cc4F)c(=O)c(O)c3C(=O)N12. The highest BCUT2D eigenvalue weighted by Gasteiger charge is 2.43. The molecular weight excluding hydrogens is 398 g/mol. The number of aryl methyl sites for hydroxylation is 1. The van der Waals surface area contributed by atoms with Crippen molar-refractivity contribution in [3.05, 3.63) is 63.1 Å². The van der Waals surface area contributed by atoms with E-state index in [-0.39, 0.29) is 42.2 Å². The summed E-state index contributed by atoms with van der Waals surface area (Å²) in [6.07, 6.45) is 1.13. The number of hydrogen-bond donors (Lipinski definition) is 1. The topological polar surface area (TPSA) is 88.8 Å². The summed E-state index contributed by atoms with van der Waals surface area (Å²) in [5.74, 6) is -3.40. The molecule has 158 valence electrons. The van der Waals surface area contributed by atoms with Crippen molar-refractivity contribution in [2.45, 2.75) is 45.0 Å². The van der Waals surface area contributed by atoms with Crippen LogP contribution < -0.4 is 5.43 Å². The van der Waals surface area contributed by atoms with Gasteiger partial charge in [-0.05, 0) is 24.5 Å². The zero-order valence-corrected chi connectivity index (χ0v) is 16.2.